The summed E-state index contributed by atoms with van der Waals surface area (Å²) in [5, 5.41) is 0. The lowest BCUT2D eigenvalue weighted by atomic mass is 9.99. The number of nitrogens with zero attached hydrogens (tertiary/aromatic N) is 1. The Bertz CT molecular complexity index is 395. The zero-order valence-electron chi connectivity index (χ0n) is 12.4. The Kier molecular flexibility index (Phi) is 6.33. The number of rotatable bonds is 2. The van der Waals surface area contributed by atoms with Crippen LogP contribution in [0.15, 0.2) is 12.1 Å². The van der Waals surface area contributed by atoms with Gasteiger partial charge < -0.3 is 4.74 Å². The highest BCUT2D eigenvalue weighted by molar-refractivity contribution is 5.25. The minimum atomic E-state index is -4.44. The second-order valence-electron chi connectivity index (χ2n) is 5.22. The highest BCUT2D eigenvalue weighted by Crippen LogP contribution is 2.30. The normalized spacial score (nSPS) is 11.6. The van der Waals surface area contributed by atoms with Crippen molar-refractivity contribution in [3.8, 4) is 5.88 Å². The van der Waals surface area contributed by atoms with Gasteiger partial charge in [0, 0.05) is 6.07 Å². The highest BCUT2D eigenvalue weighted by Gasteiger charge is 2.33. The smallest absolute Gasteiger partial charge is 0.433 e. The molecule has 1 aromatic rings. The fourth-order valence-corrected chi connectivity index (χ4v) is 1.14. The van der Waals surface area contributed by atoms with Gasteiger partial charge in [-0.1, -0.05) is 34.6 Å². The summed E-state index contributed by atoms with van der Waals surface area (Å²) in [5.74, 6) is 0.0206. The number of halogens is 3. The summed E-state index contributed by atoms with van der Waals surface area (Å²) >= 11 is 0. The monoisotopic (exact) mass is 277 g/mol. The van der Waals surface area contributed by atoms with Crippen molar-refractivity contribution in [1.29, 1.82) is 0 Å². The third kappa shape index (κ3) is 7.03. The average Bonchev–Trinajstić information content (AvgIpc) is 2.26. The van der Waals surface area contributed by atoms with E-state index in [0.29, 0.717) is 12.2 Å². The number of aromatic nitrogens is 1. The first-order chi connectivity index (χ1) is 8.58. The fourth-order valence-electron chi connectivity index (χ4n) is 1.14. The maximum absolute atomic E-state index is 12.5. The first kappa shape index (κ1) is 17.7. The van der Waals surface area contributed by atoms with Crippen molar-refractivity contribution in [2.75, 3.05) is 6.61 Å². The third-order valence-electron chi connectivity index (χ3n) is 1.89. The van der Waals surface area contributed by atoms with Gasteiger partial charge in [-0.25, -0.2) is 4.98 Å². The van der Waals surface area contributed by atoms with E-state index in [1.54, 1.807) is 6.92 Å². The van der Waals surface area contributed by atoms with E-state index in [0.717, 1.165) is 6.07 Å². The molecule has 0 atom stereocenters. The zero-order valence-corrected chi connectivity index (χ0v) is 12.4. The van der Waals surface area contributed by atoms with Crippen LogP contribution in [0.5, 0.6) is 5.88 Å². The highest BCUT2D eigenvalue weighted by atomic mass is 19.4. The molecule has 1 aromatic heterocycles. The lowest BCUT2D eigenvalue weighted by Crippen LogP contribution is -2.18. The maximum Gasteiger partial charge on any atom is 0.433 e. The number of ether oxygens (including phenoxy) is 1. The topological polar surface area (TPSA) is 22.1 Å². The molecular weight excluding hydrogens is 255 g/mol. The molecule has 110 valence electrons. The molecule has 1 rings (SSSR count). The van der Waals surface area contributed by atoms with Crippen LogP contribution in [-0.2, 0) is 6.18 Å². The van der Waals surface area contributed by atoms with Crippen LogP contribution in [0.25, 0.3) is 0 Å². The number of pyridine rings is 1. The van der Waals surface area contributed by atoms with Crippen molar-refractivity contribution in [2.45, 2.75) is 47.7 Å². The second kappa shape index (κ2) is 6.78. The van der Waals surface area contributed by atoms with Crippen LogP contribution >= 0.6 is 0 Å². The van der Waals surface area contributed by atoms with Crippen molar-refractivity contribution in [1.82, 2.24) is 4.98 Å². The second-order valence-corrected chi connectivity index (χ2v) is 5.22. The van der Waals surface area contributed by atoms with Crippen LogP contribution < -0.4 is 4.74 Å². The minimum Gasteiger partial charge on any atom is -0.477 e. The SMILES string of the molecule is CC.Cc1cc(OCC(C)(C)C)nc(C(F)(F)F)c1. The molecule has 0 aliphatic carbocycles. The van der Waals surface area contributed by atoms with Gasteiger partial charge in [-0.15, -0.1) is 0 Å². The standard InChI is InChI=1S/C12H16F3NO.C2H6/c1-8-5-9(12(13,14)15)16-10(6-8)17-7-11(2,3)4;1-2/h5-6H,7H2,1-4H3;1-2H3. The Hall–Kier alpha value is -1.26. The minimum absolute atomic E-state index is 0.0206. The molecule has 0 saturated heterocycles. The van der Waals surface area contributed by atoms with Crippen molar-refractivity contribution in [2.24, 2.45) is 5.41 Å². The van der Waals surface area contributed by atoms with E-state index in [4.69, 9.17) is 4.74 Å². The van der Waals surface area contributed by atoms with Crippen LogP contribution in [0.3, 0.4) is 0 Å². The zero-order chi connectivity index (χ0) is 15.3. The summed E-state index contributed by atoms with van der Waals surface area (Å²) in [6.07, 6.45) is -4.44. The van der Waals surface area contributed by atoms with E-state index in [-0.39, 0.29) is 11.3 Å². The van der Waals surface area contributed by atoms with Crippen LogP contribution in [-0.4, -0.2) is 11.6 Å². The molecule has 0 N–H and O–H groups in total. The molecule has 0 aromatic carbocycles. The van der Waals surface area contributed by atoms with Crippen molar-refractivity contribution < 1.29 is 17.9 Å². The molecule has 0 aliphatic rings. The Labute approximate surface area is 113 Å². The predicted octanol–water partition coefficient (Wildman–Crippen LogP) is 4.86. The lowest BCUT2D eigenvalue weighted by molar-refractivity contribution is -0.141. The van der Waals surface area contributed by atoms with E-state index in [1.807, 2.05) is 34.6 Å². The summed E-state index contributed by atoms with van der Waals surface area (Å²) < 4.78 is 42.8. The lowest BCUT2D eigenvalue weighted by Gasteiger charge is -2.19. The van der Waals surface area contributed by atoms with Crippen molar-refractivity contribution in [3.05, 3.63) is 23.4 Å². The molecule has 0 amide bonds. The van der Waals surface area contributed by atoms with E-state index < -0.39 is 11.9 Å². The number of hydrogen-bond donors (Lipinski definition) is 0. The van der Waals surface area contributed by atoms with Crippen LogP contribution in [0.2, 0.25) is 0 Å². The number of aryl methyl sites for hydroxylation is 1. The van der Waals surface area contributed by atoms with E-state index >= 15 is 0 Å². The largest absolute Gasteiger partial charge is 0.477 e. The fraction of sp³-hybridized carbons (Fsp3) is 0.643. The molecule has 2 nitrogen and oxygen atoms in total. The number of alkyl halides is 3. The summed E-state index contributed by atoms with van der Waals surface area (Å²) in [4.78, 5) is 3.46. The Balaban J connectivity index is 0.00000154. The van der Waals surface area contributed by atoms with Gasteiger partial charge in [0.1, 0.15) is 5.69 Å². The molecule has 19 heavy (non-hydrogen) atoms. The van der Waals surface area contributed by atoms with Crippen molar-refractivity contribution in [3.63, 3.8) is 0 Å². The molecular formula is C14H22F3NO. The van der Waals surface area contributed by atoms with Gasteiger partial charge in [-0.2, -0.15) is 13.2 Å². The first-order valence-electron chi connectivity index (χ1n) is 6.27. The van der Waals surface area contributed by atoms with Gasteiger partial charge in [0.05, 0.1) is 6.61 Å². The third-order valence-corrected chi connectivity index (χ3v) is 1.89. The predicted molar refractivity (Wildman–Crippen MR) is 70.3 cm³/mol. The molecule has 0 unspecified atom stereocenters. The van der Waals surface area contributed by atoms with Crippen molar-refractivity contribution >= 4 is 0 Å². The van der Waals surface area contributed by atoms with Gasteiger partial charge in [-0.05, 0) is 24.0 Å². The van der Waals surface area contributed by atoms with Gasteiger partial charge in [-0.3, -0.25) is 0 Å². The van der Waals surface area contributed by atoms with Gasteiger partial charge in [0.15, 0.2) is 0 Å². The summed E-state index contributed by atoms with van der Waals surface area (Å²) in [6.45, 7) is 11.7. The maximum atomic E-state index is 12.5. The molecule has 0 spiro atoms. The van der Waals surface area contributed by atoms with E-state index in [9.17, 15) is 13.2 Å². The molecule has 0 aliphatic heterocycles. The Morgan fingerprint density at radius 2 is 1.63 bits per heavy atom. The quantitative estimate of drug-likeness (QED) is 0.770. The molecule has 0 radical (unpaired) electrons. The molecule has 0 bridgehead atoms. The first-order valence-corrected chi connectivity index (χ1v) is 6.27. The Morgan fingerprint density at radius 3 is 2.05 bits per heavy atom. The van der Waals surface area contributed by atoms with Crippen LogP contribution in [0, 0.1) is 12.3 Å². The Morgan fingerprint density at radius 1 is 1.11 bits per heavy atom. The van der Waals surface area contributed by atoms with E-state index in [1.165, 1.54) is 6.07 Å². The summed E-state index contributed by atoms with van der Waals surface area (Å²) in [7, 11) is 0. The summed E-state index contributed by atoms with van der Waals surface area (Å²) in [6, 6.07) is 2.50. The summed E-state index contributed by atoms with van der Waals surface area (Å²) in [5.41, 5.74) is -0.554. The molecule has 5 heteroatoms. The molecule has 0 saturated carbocycles. The molecule has 0 fully saturated rings. The number of hydrogen-bond acceptors (Lipinski definition) is 2. The van der Waals surface area contributed by atoms with Crippen LogP contribution in [0.1, 0.15) is 45.9 Å². The average molecular weight is 277 g/mol. The van der Waals surface area contributed by atoms with Gasteiger partial charge in [0.25, 0.3) is 0 Å². The molecule has 1 heterocycles. The van der Waals surface area contributed by atoms with Gasteiger partial charge >= 0.3 is 6.18 Å². The van der Waals surface area contributed by atoms with Gasteiger partial charge in [0.2, 0.25) is 5.88 Å². The van der Waals surface area contributed by atoms with Crippen LogP contribution in [0.4, 0.5) is 13.2 Å². The van der Waals surface area contributed by atoms with E-state index in [2.05, 4.69) is 4.98 Å².